The molecule has 3 aliphatic heterocycles. The Bertz CT molecular complexity index is 957. The van der Waals surface area contributed by atoms with Crippen LogP contribution < -0.4 is 4.90 Å². The first-order valence-corrected chi connectivity index (χ1v) is 11.1. The summed E-state index contributed by atoms with van der Waals surface area (Å²) in [5.74, 6) is 0.126. The molecule has 0 spiro atoms. The molecule has 3 heterocycles. The van der Waals surface area contributed by atoms with E-state index in [2.05, 4.69) is 0 Å². The van der Waals surface area contributed by atoms with E-state index in [1.807, 2.05) is 64.4 Å². The summed E-state index contributed by atoms with van der Waals surface area (Å²) < 4.78 is 5.42. The SMILES string of the molecule is O=C(Cc1ccccc1)N1C[C@@H]2[C@H](c3ccccc31)[C@@H](CO)N2C(=O)C1CCOCC1. The molecule has 2 aromatic carbocycles. The van der Waals surface area contributed by atoms with E-state index in [1.165, 1.54) is 0 Å². The Morgan fingerprint density at radius 1 is 1.00 bits per heavy atom. The molecule has 0 radical (unpaired) electrons. The molecule has 1 N–H and O–H groups in total. The molecule has 2 amide bonds. The van der Waals surface area contributed by atoms with Crippen molar-refractivity contribution in [1.82, 2.24) is 4.90 Å². The van der Waals surface area contributed by atoms with E-state index in [1.54, 1.807) is 0 Å². The van der Waals surface area contributed by atoms with Crippen molar-refractivity contribution in [3.63, 3.8) is 0 Å². The molecule has 3 atom stereocenters. The number of para-hydroxylation sites is 1. The number of benzene rings is 2. The second-order valence-corrected chi connectivity index (χ2v) is 8.70. The van der Waals surface area contributed by atoms with Crippen molar-refractivity contribution in [1.29, 1.82) is 0 Å². The molecule has 162 valence electrons. The summed E-state index contributed by atoms with van der Waals surface area (Å²) in [6, 6.07) is 17.3. The molecule has 6 nitrogen and oxygen atoms in total. The maximum Gasteiger partial charge on any atom is 0.231 e. The molecular formula is C25H28N2O4. The highest BCUT2D eigenvalue weighted by molar-refractivity contribution is 5.97. The van der Waals surface area contributed by atoms with E-state index in [0.717, 1.165) is 29.7 Å². The normalized spacial score (nSPS) is 25.4. The number of aliphatic hydroxyl groups is 1. The van der Waals surface area contributed by atoms with Crippen LogP contribution in [0.3, 0.4) is 0 Å². The lowest BCUT2D eigenvalue weighted by molar-refractivity contribution is -0.158. The molecule has 0 saturated carbocycles. The summed E-state index contributed by atoms with van der Waals surface area (Å²) in [6.45, 7) is 1.61. The molecule has 0 bridgehead atoms. The Balaban J connectivity index is 1.43. The summed E-state index contributed by atoms with van der Waals surface area (Å²) in [5.41, 5.74) is 2.93. The van der Waals surface area contributed by atoms with Crippen molar-refractivity contribution in [2.24, 2.45) is 5.92 Å². The first kappa shape index (κ1) is 20.2. The lowest BCUT2D eigenvalue weighted by Gasteiger charge is -2.59. The van der Waals surface area contributed by atoms with E-state index in [9.17, 15) is 14.7 Å². The number of anilines is 1. The van der Waals surface area contributed by atoms with Crippen LogP contribution >= 0.6 is 0 Å². The average molecular weight is 421 g/mol. The van der Waals surface area contributed by atoms with Crippen molar-refractivity contribution in [3.05, 3.63) is 65.7 Å². The minimum Gasteiger partial charge on any atom is -0.394 e. The van der Waals surface area contributed by atoms with Gasteiger partial charge in [-0.3, -0.25) is 9.59 Å². The molecule has 2 fully saturated rings. The van der Waals surface area contributed by atoms with E-state index >= 15 is 0 Å². The van der Waals surface area contributed by atoms with Gasteiger partial charge < -0.3 is 19.6 Å². The van der Waals surface area contributed by atoms with Crippen LogP contribution in [0.5, 0.6) is 0 Å². The second-order valence-electron chi connectivity index (χ2n) is 8.70. The maximum atomic E-state index is 13.3. The van der Waals surface area contributed by atoms with E-state index in [-0.39, 0.29) is 42.3 Å². The van der Waals surface area contributed by atoms with E-state index < -0.39 is 0 Å². The molecule has 2 saturated heterocycles. The highest BCUT2D eigenvalue weighted by atomic mass is 16.5. The number of hydrogen-bond acceptors (Lipinski definition) is 4. The average Bonchev–Trinajstić information content (AvgIpc) is 2.80. The fraction of sp³-hybridized carbons (Fsp3) is 0.440. The van der Waals surface area contributed by atoms with Crippen LogP contribution in [-0.4, -0.2) is 60.3 Å². The summed E-state index contributed by atoms with van der Waals surface area (Å²) in [6.07, 6.45) is 1.76. The molecule has 2 aromatic rings. The Labute approximate surface area is 182 Å². The third-order valence-electron chi connectivity index (χ3n) is 7.01. The van der Waals surface area contributed by atoms with Crippen LogP contribution in [0.15, 0.2) is 54.6 Å². The zero-order chi connectivity index (χ0) is 21.4. The van der Waals surface area contributed by atoms with Gasteiger partial charge in [-0.2, -0.15) is 0 Å². The quantitative estimate of drug-likeness (QED) is 0.825. The van der Waals surface area contributed by atoms with Crippen molar-refractivity contribution >= 4 is 17.5 Å². The number of carbonyl (C=O) groups is 2. The predicted molar refractivity (Wildman–Crippen MR) is 117 cm³/mol. The number of hydrogen-bond donors (Lipinski definition) is 1. The summed E-state index contributed by atoms with van der Waals surface area (Å²) in [5, 5.41) is 10.1. The first-order chi connectivity index (χ1) is 15.2. The van der Waals surface area contributed by atoms with Crippen LogP contribution in [0, 0.1) is 5.92 Å². The first-order valence-electron chi connectivity index (χ1n) is 11.1. The maximum absolute atomic E-state index is 13.3. The van der Waals surface area contributed by atoms with Gasteiger partial charge in [0.2, 0.25) is 11.8 Å². The van der Waals surface area contributed by atoms with Gasteiger partial charge in [-0.1, -0.05) is 48.5 Å². The van der Waals surface area contributed by atoms with Crippen molar-refractivity contribution in [3.8, 4) is 0 Å². The van der Waals surface area contributed by atoms with Gasteiger partial charge in [0.1, 0.15) is 0 Å². The highest BCUT2D eigenvalue weighted by Gasteiger charge is 2.55. The summed E-state index contributed by atoms with van der Waals surface area (Å²) in [4.78, 5) is 30.3. The van der Waals surface area contributed by atoms with Crippen LogP contribution in [-0.2, 0) is 20.7 Å². The monoisotopic (exact) mass is 420 g/mol. The molecule has 3 aliphatic rings. The standard InChI is InChI=1S/C25H28N2O4/c28-16-22-24-19-8-4-5-9-20(19)26(23(29)14-17-6-2-1-3-7-17)15-21(24)27(22)25(30)18-10-12-31-13-11-18/h1-9,18,21-22,24,28H,10-16H2/t21-,22-,24+/m1/s1. The molecule has 0 aliphatic carbocycles. The molecule has 0 unspecified atom stereocenters. The van der Waals surface area contributed by atoms with Gasteiger partial charge in [0.15, 0.2) is 0 Å². The largest absolute Gasteiger partial charge is 0.394 e. The molecule has 6 heteroatoms. The summed E-state index contributed by atoms with van der Waals surface area (Å²) in [7, 11) is 0. The van der Waals surface area contributed by atoms with Gasteiger partial charge >= 0.3 is 0 Å². The number of likely N-dealkylation sites (tertiary alicyclic amines) is 1. The van der Waals surface area contributed by atoms with Crippen LogP contribution in [0.2, 0.25) is 0 Å². The highest BCUT2D eigenvalue weighted by Crippen LogP contribution is 2.49. The minimum atomic E-state index is -0.229. The number of aliphatic hydroxyl groups excluding tert-OH is 1. The van der Waals surface area contributed by atoms with Gasteiger partial charge in [0.25, 0.3) is 0 Å². The molecule has 31 heavy (non-hydrogen) atoms. The fourth-order valence-electron chi connectivity index (χ4n) is 5.45. The van der Waals surface area contributed by atoms with E-state index in [4.69, 9.17) is 4.74 Å². The molecular weight excluding hydrogens is 392 g/mol. The fourth-order valence-corrected chi connectivity index (χ4v) is 5.45. The molecule has 5 rings (SSSR count). The lowest BCUT2D eigenvalue weighted by Crippen LogP contribution is -2.71. The predicted octanol–water partition coefficient (Wildman–Crippen LogP) is 2.36. The smallest absolute Gasteiger partial charge is 0.231 e. The van der Waals surface area contributed by atoms with Crippen molar-refractivity contribution < 1.29 is 19.4 Å². The number of amides is 2. The number of fused-ring (bicyclic) bond motifs is 3. The van der Waals surface area contributed by atoms with Gasteiger partial charge in [0.05, 0.1) is 25.1 Å². The van der Waals surface area contributed by atoms with Gasteiger partial charge in [0, 0.05) is 37.3 Å². The van der Waals surface area contributed by atoms with Gasteiger partial charge in [-0.05, 0) is 30.0 Å². The second kappa shape index (κ2) is 8.44. The van der Waals surface area contributed by atoms with Crippen LogP contribution in [0.4, 0.5) is 5.69 Å². The molecule has 0 aromatic heterocycles. The van der Waals surface area contributed by atoms with Crippen LogP contribution in [0.1, 0.15) is 29.9 Å². The van der Waals surface area contributed by atoms with Crippen molar-refractivity contribution in [2.75, 3.05) is 31.3 Å². The number of carbonyl (C=O) groups excluding carboxylic acids is 2. The van der Waals surface area contributed by atoms with Gasteiger partial charge in [-0.25, -0.2) is 0 Å². The Morgan fingerprint density at radius 2 is 1.71 bits per heavy atom. The zero-order valence-corrected chi connectivity index (χ0v) is 17.5. The van der Waals surface area contributed by atoms with Crippen LogP contribution in [0.25, 0.3) is 0 Å². The minimum absolute atomic E-state index is 0.0306. The summed E-state index contributed by atoms with van der Waals surface area (Å²) >= 11 is 0. The van der Waals surface area contributed by atoms with E-state index in [0.29, 0.717) is 26.2 Å². The third kappa shape index (κ3) is 3.54. The Kier molecular flexibility index (Phi) is 5.50. The van der Waals surface area contributed by atoms with Gasteiger partial charge in [-0.15, -0.1) is 0 Å². The number of nitrogens with zero attached hydrogens (tertiary/aromatic N) is 2. The number of rotatable bonds is 4. The van der Waals surface area contributed by atoms with Crippen molar-refractivity contribution in [2.45, 2.75) is 37.3 Å². The number of ether oxygens (including phenoxy) is 1. The Hall–Kier alpha value is -2.70. The topological polar surface area (TPSA) is 70.1 Å². The Morgan fingerprint density at radius 3 is 2.45 bits per heavy atom. The zero-order valence-electron chi connectivity index (χ0n) is 17.5. The third-order valence-corrected chi connectivity index (χ3v) is 7.01. The lowest BCUT2D eigenvalue weighted by atomic mass is 9.71.